The fourth-order valence-electron chi connectivity index (χ4n) is 0.831. The van der Waals surface area contributed by atoms with Crippen molar-refractivity contribution >= 4 is 15.9 Å². The molecular weight excluding hydrogens is 500 g/mol. The normalized spacial score (nSPS) is 13.3. The highest BCUT2D eigenvalue weighted by Gasteiger charge is 2.62. The largest absolute Gasteiger partial charge is 0.696 e. The van der Waals surface area contributed by atoms with Gasteiger partial charge in [-0.25, -0.2) is 9.13 Å². The van der Waals surface area contributed by atoms with E-state index >= 15 is 0 Å². The number of hydrogen-bond acceptors (Lipinski definition) is 8. The minimum Gasteiger partial charge on any atom is -0.379 e. The first-order valence-electron chi connectivity index (χ1n) is 6.36. The van der Waals surface area contributed by atoms with E-state index in [9.17, 15) is 53.0 Å². The molecule has 0 aromatic carbocycles. The van der Waals surface area contributed by atoms with Gasteiger partial charge in [-0.05, 0) is 6.58 Å². The van der Waals surface area contributed by atoms with Crippen LogP contribution in [0.1, 0.15) is 0 Å². The summed E-state index contributed by atoms with van der Waals surface area (Å²) in [5.41, 5.74) is -5.08. The lowest BCUT2D eigenvalue weighted by Gasteiger charge is -2.26. The van der Waals surface area contributed by atoms with E-state index in [2.05, 4.69) is 34.1 Å². The van der Waals surface area contributed by atoms with Gasteiger partial charge in [0.05, 0.1) is 14.2 Å². The van der Waals surface area contributed by atoms with Gasteiger partial charge in [-0.2, -0.15) is 13.2 Å². The Hall–Kier alpha value is -1.03. The van der Waals surface area contributed by atoms with Gasteiger partial charge in [-0.3, -0.25) is 4.57 Å². The van der Waals surface area contributed by atoms with Crippen LogP contribution in [0.4, 0.5) is 43.9 Å². The molecule has 0 aliphatic carbocycles. The monoisotopic (exact) mass is 515 g/mol. The van der Waals surface area contributed by atoms with Crippen LogP contribution in [-0.4, -0.2) is 53.2 Å². The van der Waals surface area contributed by atoms with E-state index in [0.29, 0.717) is 14.2 Å². The molecule has 0 rings (SSSR count). The van der Waals surface area contributed by atoms with Crippen molar-refractivity contribution in [3.63, 3.8) is 0 Å². The molecule has 0 aromatic heterocycles. The minimum atomic E-state index is -5.64. The van der Waals surface area contributed by atoms with Crippen LogP contribution in [0.25, 0.3) is 0 Å². The van der Waals surface area contributed by atoms with Crippen molar-refractivity contribution in [1.29, 1.82) is 0 Å². The lowest BCUT2D eigenvalue weighted by molar-refractivity contribution is -0.379. The van der Waals surface area contributed by atoms with Crippen LogP contribution in [0.3, 0.4) is 0 Å². The third kappa shape index (κ3) is 15.8. The molecule has 0 aromatic rings. The van der Waals surface area contributed by atoms with Gasteiger partial charge in [0.15, 0.2) is 0 Å². The fraction of sp³-hybridized carbons (Fsp3) is 0.800. The Morgan fingerprint density at radius 1 is 0.900 bits per heavy atom. The SMILES string of the molecule is C=C(F)OC(F)(F)F.COP(=O)(OC)C(F)(F)C(F)OC(F)(F)F.CO[P+](=O)OC. The van der Waals surface area contributed by atoms with Gasteiger partial charge in [0, 0.05) is 18.8 Å². The summed E-state index contributed by atoms with van der Waals surface area (Å²) in [6.45, 7) is 2.23. The van der Waals surface area contributed by atoms with Crippen molar-refractivity contribution in [2.45, 2.75) is 24.7 Å². The summed E-state index contributed by atoms with van der Waals surface area (Å²) < 4.78 is 158. The molecule has 1 atom stereocenters. The molecule has 0 saturated heterocycles. The van der Waals surface area contributed by atoms with Crippen LogP contribution in [-0.2, 0) is 36.7 Å². The zero-order chi connectivity index (χ0) is 25.0. The molecule has 0 aliphatic rings. The molecule has 0 radical (unpaired) electrons. The molecule has 0 saturated carbocycles. The van der Waals surface area contributed by atoms with Gasteiger partial charge >= 0.3 is 34.2 Å². The van der Waals surface area contributed by atoms with Crippen molar-refractivity contribution < 1.29 is 80.6 Å². The zero-order valence-electron chi connectivity index (χ0n) is 15.2. The topological polar surface area (TPSA) is 89.5 Å². The highest BCUT2D eigenvalue weighted by molar-refractivity contribution is 7.55. The maximum atomic E-state index is 12.9. The van der Waals surface area contributed by atoms with Crippen molar-refractivity contribution in [2.75, 3.05) is 28.4 Å². The second-order valence-corrected chi connectivity index (χ2v) is 7.32. The Labute approximate surface area is 163 Å². The molecule has 0 aliphatic heterocycles. The summed E-state index contributed by atoms with van der Waals surface area (Å²) in [6.07, 6.45) is -14.8. The second kappa shape index (κ2) is 14.1. The summed E-state index contributed by atoms with van der Waals surface area (Å²) >= 11 is 0. The summed E-state index contributed by atoms with van der Waals surface area (Å²) in [5, 5.41) is 0. The maximum absolute atomic E-state index is 12.9. The quantitative estimate of drug-likeness (QED) is 0.228. The van der Waals surface area contributed by atoms with Crippen molar-refractivity contribution in [2.24, 2.45) is 0 Å². The lowest BCUT2D eigenvalue weighted by Crippen LogP contribution is -2.37. The Morgan fingerprint density at radius 2 is 1.27 bits per heavy atom. The van der Waals surface area contributed by atoms with Crippen LogP contribution in [0.2, 0.25) is 0 Å². The molecule has 30 heavy (non-hydrogen) atoms. The number of alkyl halides is 9. The second-order valence-electron chi connectivity index (χ2n) is 3.82. The molecule has 0 bridgehead atoms. The average Bonchev–Trinajstić information content (AvgIpc) is 2.57. The van der Waals surface area contributed by atoms with E-state index in [4.69, 9.17) is 0 Å². The molecule has 0 heterocycles. The molecule has 0 N–H and O–H groups in total. The first kappa shape index (κ1) is 33.6. The van der Waals surface area contributed by atoms with E-state index in [0.717, 1.165) is 0 Å². The van der Waals surface area contributed by atoms with Crippen molar-refractivity contribution in [1.82, 2.24) is 0 Å². The Balaban J connectivity index is -0.000000431. The zero-order valence-corrected chi connectivity index (χ0v) is 17.0. The van der Waals surface area contributed by atoms with Gasteiger partial charge in [0.2, 0.25) is 0 Å². The van der Waals surface area contributed by atoms with Crippen LogP contribution in [0.15, 0.2) is 12.6 Å². The molecule has 8 nitrogen and oxygen atoms in total. The number of halogens is 10. The molecule has 20 heteroatoms. The van der Waals surface area contributed by atoms with Gasteiger partial charge in [-0.15, -0.1) is 35.4 Å². The summed E-state index contributed by atoms with van der Waals surface area (Å²) in [7, 11) is -3.60. The maximum Gasteiger partial charge on any atom is 0.696 e. The first-order valence-corrected chi connectivity index (χ1v) is 9.00. The fourth-order valence-corrected chi connectivity index (χ4v) is 1.92. The third-order valence-electron chi connectivity index (χ3n) is 1.88. The highest BCUT2D eigenvalue weighted by Crippen LogP contribution is 2.63. The van der Waals surface area contributed by atoms with Crippen molar-refractivity contribution in [3.05, 3.63) is 12.6 Å². The Morgan fingerprint density at radius 3 is 1.40 bits per heavy atom. The predicted octanol–water partition coefficient (Wildman–Crippen LogP) is 5.80. The summed E-state index contributed by atoms with van der Waals surface area (Å²) in [5.74, 6) is 0. The van der Waals surface area contributed by atoms with E-state index < -0.39 is 46.6 Å². The standard InChI is InChI=1S/C5H7F6O4P.C3H2F4O.C2H6O3P/c1-13-16(12,14-2)4(7,8)3(6)15-5(9,10)11;1-2(4)8-3(5,6)7;1-4-6(3)5-2/h3H,1-2H3;1H2;1-2H3/q;;+1. The lowest BCUT2D eigenvalue weighted by atomic mass is 10.7. The van der Waals surface area contributed by atoms with Crippen LogP contribution in [0.5, 0.6) is 0 Å². The number of ether oxygens (including phenoxy) is 2. The predicted molar refractivity (Wildman–Crippen MR) is 77.6 cm³/mol. The number of rotatable bonds is 8. The highest BCUT2D eigenvalue weighted by atomic mass is 31.2. The summed E-state index contributed by atoms with van der Waals surface area (Å²) in [6, 6.07) is -1.85. The van der Waals surface area contributed by atoms with E-state index in [1.165, 1.54) is 14.2 Å². The van der Waals surface area contributed by atoms with Gasteiger partial charge in [0.1, 0.15) is 0 Å². The number of hydrogen-bond donors (Lipinski definition) is 0. The third-order valence-corrected chi connectivity index (χ3v) is 4.37. The minimum absolute atomic E-state index is 0.471. The van der Waals surface area contributed by atoms with Gasteiger partial charge in [0.25, 0.3) is 12.4 Å². The van der Waals surface area contributed by atoms with E-state index in [1.807, 2.05) is 0 Å². The van der Waals surface area contributed by atoms with Crippen LogP contribution in [0, 0.1) is 0 Å². The molecule has 0 spiro atoms. The summed E-state index contributed by atoms with van der Waals surface area (Å²) in [4.78, 5) is 0. The first-order chi connectivity index (χ1) is 13.2. The van der Waals surface area contributed by atoms with Crippen LogP contribution < -0.4 is 0 Å². The molecule has 1 unspecified atom stereocenters. The molecule has 182 valence electrons. The van der Waals surface area contributed by atoms with Gasteiger partial charge in [-0.1, -0.05) is 0 Å². The molecule has 0 fully saturated rings. The van der Waals surface area contributed by atoms with E-state index in [-0.39, 0.29) is 0 Å². The Bertz CT molecular complexity index is 554. The van der Waals surface area contributed by atoms with Crippen molar-refractivity contribution in [3.8, 4) is 0 Å². The molecule has 0 amide bonds. The van der Waals surface area contributed by atoms with Gasteiger partial charge < -0.3 is 13.8 Å². The van der Waals surface area contributed by atoms with Crippen LogP contribution >= 0.6 is 15.9 Å². The smallest absolute Gasteiger partial charge is 0.379 e. The Kier molecular flexibility index (Phi) is 15.8. The van der Waals surface area contributed by atoms with E-state index in [1.54, 1.807) is 0 Å². The molecular formula is C10H15F10O8P2+. The average molecular weight is 515 g/mol.